The monoisotopic (exact) mass is 431 g/mol. The number of piperidine rings is 1. The zero-order chi connectivity index (χ0) is 21.2. The van der Waals surface area contributed by atoms with Gasteiger partial charge in [0.05, 0.1) is 17.8 Å². The van der Waals surface area contributed by atoms with Crippen molar-refractivity contribution < 1.29 is 17.6 Å². The third kappa shape index (κ3) is 5.29. The minimum Gasteiger partial charge on any atom is -0.375 e. The third-order valence-electron chi connectivity index (χ3n) is 5.54. The number of nitrogens with zero attached hydrogens (tertiary/aromatic N) is 3. The lowest BCUT2D eigenvalue weighted by atomic mass is 9.95. The number of hydrogen-bond donors (Lipinski definition) is 2. The molecule has 2 fully saturated rings. The number of rotatable bonds is 4. The van der Waals surface area contributed by atoms with Crippen molar-refractivity contribution in [1.82, 2.24) is 5.43 Å². The van der Waals surface area contributed by atoms with Crippen molar-refractivity contribution in [1.29, 1.82) is 0 Å². The molecule has 1 atom stereocenters. The van der Waals surface area contributed by atoms with E-state index in [0.717, 1.165) is 25.2 Å². The first-order valence-electron chi connectivity index (χ1n) is 9.64. The van der Waals surface area contributed by atoms with Gasteiger partial charge in [-0.05, 0) is 49.5 Å². The van der Waals surface area contributed by atoms with E-state index in [9.17, 15) is 17.6 Å². The van der Waals surface area contributed by atoms with Gasteiger partial charge >= 0.3 is 6.18 Å². The zero-order valence-electron chi connectivity index (χ0n) is 16.2. The van der Waals surface area contributed by atoms with Gasteiger partial charge in [-0.25, -0.2) is 4.39 Å². The summed E-state index contributed by atoms with van der Waals surface area (Å²) in [5.41, 5.74) is 9.52. The first-order valence-corrected chi connectivity index (χ1v) is 10.0. The van der Waals surface area contributed by atoms with Gasteiger partial charge in [0.1, 0.15) is 5.82 Å². The quantitative estimate of drug-likeness (QED) is 0.330. The van der Waals surface area contributed by atoms with E-state index in [2.05, 4.69) is 22.4 Å². The van der Waals surface area contributed by atoms with E-state index < -0.39 is 17.9 Å². The maximum atomic E-state index is 14.9. The molecule has 2 saturated heterocycles. The molecule has 3 rings (SSSR count). The first kappa shape index (κ1) is 21.6. The van der Waals surface area contributed by atoms with Gasteiger partial charge < -0.3 is 15.5 Å². The number of hydrogen-bond acceptors (Lipinski definition) is 4. The summed E-state index contributed by atoms with van der Waals surface area (Å²) in [7, 11) is 0. The van der Waals surface area contributed by atoms with E-state index in [1.807, 2.05) is 0 Å². The molecule has 0 radical (unpaired) electrons. The first-order chi connectivity index (χ1) is 13.6. The van der Waals surface area contributed by atoms with Crippen LogP contribution in [0.3, 0.4) is 0 Å². The summed E-state index contributed by atoms with van der Waals surface area (Å²) in [5, 5.41) is 3.94. The van der Waals surface area contributed by atoms with Crippen LogP contribution in [0.4, 0.5) is 28.9 Å². The molecule has 3 N–H and O–H groups in total. The van der Waals surface area contributed by atoms with E-state index in [1.54, 1.807) is 11.0 Å². The number of halogens is 4. The zero-order valence-corrected chi connectivity index (χ0v) is 17.0. The van der Waals surface area contributed by atoms with E-state index in [4.69, 9.17) is 18.0 Å². The van der Waals surface area contributed by atoms with Crippen molar-refractivity contribution in [3.05, 3.63) is 23.5 Å². The van der Waals surface area contributed by atoms with Crippen molar-refractivity contribution in [2.24, 2.45) is 22.7 Å². The highest BCUT2D eigenvalue weighted by Gasteiger charge is 2.41. The van der Waals surface area contributed by atoms with Crippen LogP contribution in [0.15, 0.2) is 17.2 Å². The molecular weight excluding hydrogens is 406 g/mol. The summed E-state index contributed by atoms with van der Waals surface area (Å²) < 4.78 is 53.7. The van der Waals surface area contributed by atoms with Gasteiger partial charge in [-0.1, -0.05) is 6.92 Å². The maximum absolute atomic E-state index is 14.9. The van der Waals surface area contributed by atoms with Crippen LogP contribution in [0.5, 0.6) is 0 Å². The Hall–Kier alpha value is -2.10. The molecule has 0 bridgehead atoms. The van der Waals surface area contributed by atoms with Gasteiger partial charge in [-0.3, -0.25) is 5.43 Å². The normalized spacial score (nSPS) is 21.2. The average Bonchev–Trinajstić information content (AvgIpc) is 3.07. The number of alkyl halides is 3. The largest absolute Gasteiger partial charge is 0.391 e. The highest BCUT2D eigenvalue weighted by molar-refractivity contribution is 7.80. The van der Waals surface area contributed by atoms with E-state index in [0.29, 0.717) is 17.2 Å². The smallest absolute Gasteiger partial charge is 0.375 e. The van der Waals surface area contributed by atoms with E-state index >= 15 is 0 Å². The Morgan fingerprint density at radius 1 is 1.17 bits per heavy atom. The Kier molecular flexibility index (Phi) is 6.50. The Bertz CT molecular complexity index is 775. The molecule has 0 amide bonds. The standard InChI is InChI=1S/C19H25F4N5S/c1-12-2-5-28(11-12)16-9-17(15(20)8-13(16)10-25-26-18(24)29)27-6-3-14(4-7-27)19(21,22)23/h8-10,12,14H,2-7,11H2,1H3,(H3,24,26,29)/b25-10-/t12-/m1/s1. The average molecular weight is 432 g/mol. The summed E-state index contributed by atoms with van der Waals surface area (Å²) in [6.07, 6.45) is -1.77. The topological polar surface area (TPSA) is 56.9 Å². The molecule has 1 aromatic rings. The molecular formula is C19H25F4N5S. The molecule has 2 aliphatic heterocycles. The highest BCUT2D eigenvalue weighted by atomic mass is 32.1. The van der Waals surface area contributed by atoms with Gasteiger partial charge in [-0.2, -0.15) is 18.3 Å². The number of thiocarbonyl (C=S) groups is 1. The molecule has 0 aromatic heterocycles. The highest BCUT2D eigenvalue weighted by Crippen LogP contribution is 2.38. The minimum atomic E-state index is -4.20. The molecule has 0 aliphatic carbocycles. The molecule has 1 aromatic carbocycles. The molecule has 0 unspecified atom stereocenters. The fourth-order valence-electron chi connectivity index (χ4n) is 3.95. The predicted octanol–water partition coefficient (Wildman–Crippen LogP) is 3.62. The summed E-state index contributed by atoms with van der Waals surface area (Å²) in [5.74, 6) is -1.30. The summed E-state index contributed by atoms with van der Waals surface area (Å²) in [4.78, 5) is 3.85. The maximum Gasteiger partial charge on any atom is 0.391 e. The van der Waals surface area contributed by atoms with Gasteiger partial charge in [-0.15, -0.1) is 0 Å². The van der Waals surface area contributed by atoms with Crippen LogP contribution in [-0.4, -0.2) is 43.7 Å². The Labute approximate surface area is 172 Å². The van der Waals surface area contributed by atoms with Crippen molar-refractivity contribution in [3.63, 3.8) is 0 Å². The Morgan fingerprint density at radius 3 is 2.38 bits per heavy atom. The third-order valence-corrected chi connectivity index (χ3v) is 5.63. The lowest BCUT2D eigenvalue weighted by molar-refractivity contribution is -0.179. The Balaban J connectivity index is 1.87. The minimum absolute atomic E-state index is 0.00206. The molecule has 2 heterocycles. The fourth-order valence-corrected chi connectivity index (χ4v) is 4.01. The molecule has 29 heavy (non-hydrogen) atoms. The van der Waals surface area contributed by atoms with Gasteiger partial charge in [0.2, 0.25) is 0 Å². The number of nitrogens with two attached hydrogens (primary N) is 1. The van der Waals surface area contributed by atoms with Crippen LogP contribution in [0.25, 0.3) is 0 Å². The molecule has 0 spiro atoms. The van der Waals surface area contributed by atoms with Gasteiger partial charge in [0, 0.05) is 37.4 Å². The van der Waals surface area contributed by atoms with Gasteiger partial charge in [0.25, 0.3) is 0 Å². The van der Waals surface area contributed by atoms with Crippen LogP contribution in [-0.2, 0) is 0 Å². The molecule has 160 valence electrons. The summed E-state index contributed by atoms with van der Waals surface area (Å²) >= 11 is 4.72. The molecule has 10 heteroatoms. The summed E-state index contributed by atoms with van der Waals surface area (Å²) in [6.45, 7) is 4.14. The predicted molar refractivity (Wildman–Crippen MR) is 111 cm³/mol. The second-order valence-corrected chi connectivity index (χ2v) is 8.18. The second kappa shape index (κ2) is 8.73. The van der Waals surface area contributed by atoms with Crippen molar-refractivity contribution >= 4 is 34.9 Å². The van der Waals surface area contributed by atoms with E-state index in [-0.39, 0.29) is 31.0 Å². The number of hydrazone groups is 1. The van der Waals surface area contributed by atoms with Crippen LogP contribution < -0.4 is 21.0 Å². The van der Waals surface area contributed by atoms with Crippen LogP contribution in [0.1, 0.15) is 31.7 Å². The van der Waals surface area contributed by atoms with Crippen LogP contribution >= 0.6 is 12.2 Å². The second-order valence-electron chi connectivity index (χ2n) is 7.74. The Morgan fingerprint density at radius 2 is 1.83 bits per heavy atom. The number of benzene rings is 1. The van der Waals surface area contributed by atoms with Crippen molar-refractivity contribution in [2.45, 2.75) is 32.4 Å². The van der Waals surface area contributed by atoms with Crippen molar-refractivity contribution in [2.75, 3.05) is 36.0 Å². The fraction of sp³-hybridized carbons (Fsp3) is 0.579. The number of nitrogens with one attached hydrogen (secondary N) is 1. The molecule has 2 aliphatic rings. The SMILES string of the molecule is C[C@@H]1CCN(c2cc(N3CCC(C(F)(F)F)CC3)c(F)cc2/C=N\NC(N)=S)C1. The summed E-state index contributed by atoms with van der Waals surface area (Å²) in [6, 6.07) is 3.09. The van der Waals surface area contributed by atoms with Crippen LogP contribution in [0, 0.1) is 17.7 Å². The van der Waals surface area contributed by atoms with Crippen molar-refractivity contribution in [3.8, 4) is 0 Å². The van der Waals surface area contributed by atoms with Crippen LogP contribution in [0.2, 0.25) is 0 Å². The lowest BCUT2D eigenvalue weighted by Gasteiger charge is -2.35. The van der Waals surface area contributed by atoms with E-state index in [1.165, 1.54) is 12.3 Å². The lowest BCUT2D eigenvalue weighted by Crippen LogP contribution is -2.39. The number of anilines is 2. The van der Waals surface area contributed by atoms with Gasteiger partial charge in [0.15, 0.2) is 5.11 Å². The molecule has 0 saturated carbocycles. The molecule has 5 nitrogen and oxygen atoms in total.